The summed E-state index contributed by atoms with van der Waals surface area (Å²) >= 11 is 6.02. The first-order chi connectivity index (χ1) is 9.52. The van der Waals surface area contributed by atoms with Gasteiger partial charge in [-0.1, -0.05) is 24.9 Å². The van der Waals surface area contributed by atoms with Crippen molar-refractivity contribution in [3.63, 3.8) is 0 Å². The minimum absolute atomic E-state index is 0.0802. The largest absolute Gasteiger partial charge is 0.384 e. The van der Waals surface area contributed by atoms with Crippen LogP contribution in [-0.4, -0.2) is 18.9 Å². The van der Waals surface area contributed by atoms with Gasteiger partial charge in [0.05, 0.1) is 0 Å². The molecule has 0 aromatic heterocycles. The zero-order valence-corrected chi connectivity index (χ0v) is 13.1. The van der Waals surface area contributed by atoms with Crippen LogP contribution in [0.1, 0.15) is 44.6 Å². The molecule has 110 valence electrons. The monoisotopic (exact) mass is 293 g/mol. The Morgan fingerprint density at radius 3 is 2.55 bits per heavy atom. The van der Waals surface area contributed by atoms with Crippen LogP contribution >= 0.6 is 11.6 Å². The predicted molar refractivity (Wildman–Crippen MR) is 86.9 cm³/mol. The van der Waals surface area contributed by atoms with Crippen LogP contribution in [0.3, 0.4) is 0 Å². The molecule has 1 saturated carbocycles. The first-order valence-corrected chi connectivity index (χ1v) is 7.77. The van der Waals surface area contributed by atoms with E-state index in [2.05, 4.69) is 18.9 Å². The van der Waals surface area contributed by atoms with Crippen molar-refractivity contribution in [2.75, 3.05) is 11.9 Å². The number of nitrogens with one attached hydrogen (secondary N) is 1. The molecule has 0 aliphatic heterocycles. The van der Waals surface area contributed by atoms with Crippen LogP contribution in [0.4, 0.5) is 5.69 Å². The summed E-state index contributed by atoms with van der Waals surface area (Å²) in [5.41, 5.74) is 7.44. The number of anilines is 1. The highest BCUT2D eigenvalue weighted by Crippen LogP contribution is 2.33. The molecule has 1 aliphatic carbocycles. The third-order valence-corrected chi connectivity index (χ3v) is 4.81. The smallest absolute Gasteiger partial charge is 0.124 e. The van der Waals surface area contributed by atoms with Gasteiger partial charge in [-0.15, -0.1) is 0 Å². The highest BCUT2D eigenvalue weighted by atomic mass is 35.5. The number of rotatable bonds is 4. The molecule has 0 atom stereocenters. The number of benzene rings is 1. The predicted octanol–water partition coefficient (Wildman–Crippen LogP) is 4.03. The van der Waals surface area contributed by atoms with Crippen molar-refractivity contribution in [1.82, 2.24) is 0 Å². The average Bonchev–Trinajstić information content (AvgIpc) is 2.46. The highest BCUT2D eigenvalue weighted by molar-refractivity contribution is 6.31. The van der Waals surface area contributed by atoms with E-state index in [-0.39, 0.29) is 5.84 Å². The van der Waals surface area contributed by atoms with Crippen LogP contribution in [0, 0.1) is 11.3 Å². The molecule has 0 saturated heterocycles. The summed E-state index contributed by atoms with van der Waals surface area (Å²) < 4.78 is 0. The van der Waals surface area contributed by atoms with Crippen molar-refractivity contribution in [3.8, 4) is 0 Å². The molecular formula is C16H24ClN3. The van der Waals surface area contributed by atoms with Crippen molar-refractivity contribution < 1.29 is 0 Å². The quantitative estimate of drug-likeness (QED) is 0.650. The van der Waals surface area contributed by atoms with Gasteiger partial charge < -0.3 is 10.6 Å². The van der Waals surface area contributed by atoms with Crippen LogP contribution in [0.15, 0.2) is 18.2 Å². The van der Waals surface area contributed by atoms with Crippen molar-refractivity contribution in [2.24, 2.45) is 11.7 Å². The maximum atomic E-state index is 7.73. The summed E-state index contributed by atoms with van der Waals surface area (Å²) in [5, 5.41) is 8.36. The fourth-order valence-electron chi connectivity index (χ4n) is 3.17. The summed E-state index contributed by atoms with van der Waals surface area (Å²) in [6.07, 6.45) is 6.32. The van der Waals surface area contributed by atoms with E-state index in [4.69, 9.17) is 22.7 Å². The number of nitrogens with zero attached hydrogens (tertiary/aromatic N) is 1. The second-order valence-electron chi connectivity index (χ2n) is 5.77. The normalized spacial score (nSPS) is 22.6. The number of halogens is 1. The minimum atomic E-state index is 0.0802. The first kappa shape index (κ1) is 15.2. The molecule has 2 rings (SSSR count). The molecule has 0 spiro atoms. The molecule has 1 fully saturated rings. The van der Waals surface area contributed by atoms with Crippen molar-refractivity contribution >= 4 is 23.1 Å². The van der Waals surface area contributed by atoms with E-state index in [9.17, 15) is 0 Å². The lowest BCUT2D eigenvalue weighted by atomic mass is 9.84. The second-order valence-corrected chi connectivity index (χ2v) is 6.21. The Bertz CT molecular complexity index is 479. The Labute approximate surface area is 126 Å². The van der Waals surface area contributed by atoms with Gasteiger partial charge in [0, 0.05) is 29.4 Å². The third kappa shape index (κ3) is 3.26. The van der Waals surface area contributed by atoms with Gasteiger partial charge in [-0.05, 0) is 49.8 Å². The summed E-state index contributed by atoms with van der Waals surface area (Å²) in [4.78, 5) is 2.28. The Morgan fingerprint density at radius 1 is 1.35 bits per heavy atom. The van der Waals surface area contributed by atoms with E-state index in [1.807, 2.05) is 12.1 Å². The SMILES string of the molecule is CCC1CCC(N(C)c2ccc(Cl)cc2C(=N)N)CC1. The van der Waals surface area contributed by atoms with Gasteiger partial charge in [0.2, 0.25) is 0 Å². The zero-order valence-electron chi connectivity index (χ0n) is 12.3. The molecule has 1 aromatic rings. The topological polar surface area (TPSA) is 53.1 Å². The zero-order chi connectivity index (χ0) is 14.7. The fraction of sp³-hybridized carbons (Fsp3) is 0.562. The van der Waals surface area contributed by atoms with E-state index in [0.717, 1.165) is 17.2 Å². The lowest BCUT2D eigenvalue weighted by Crippen LogP contribution is -2.36. The minimum Gasteiger partial charge on any atom is -0.384 e. The van der Waals surface area contributed by atoms with Gasteiger partial charge >= 0.3 is 0 Å². The van der Waals surface area contributed by atoms with E-state index in [1.54, 1.807) is 6.07 Å². The summed E-state index contributed by atoms with van der Waals surface area (Å²) in [7, 11) is 2.10. The van der Waals surface area contributed by atoms with Gasteiger partial charge in [-0.3, -0.25) is 5.41 Å². The van der Waals surface area contributed by atoms with Gasteiger partial charge in [-0.25, -0.2) is 0 Å². The van der Waals surface area contributed by atoms with Crippen molar-refractivity contribution in [1.29, 1.82) is 5.41 Å². The number of hydrogen-bond donors (Lipinski definition) is 2. The van der Waals surface area contributed by atoms with E-state index >= 15 is 0 Å². The molecule has 1 aromatic carbocycles. The van der Waals surface area contributed by atoms with Gasteiger partial charge in [0.25, 0.3) is 0 Å². The summed E-state index contributed by atoms with van der Waals surface area (Å²) in [6, 6.07) is 6.17. The maximum Gasteiger partial charge on any atom is 0.124 e. The Morgan fingerprint density at radius 2 is 2.00 bits per heavy atom. The van der Waals surface area contributed by atoms with Gasteiger partial charge in [0.15, 0.2) is 0 Å². The van der Waals surface area contributed by atoms with Crippen molar-refractivity contribution in [3.05, 3.63) is 28.8 Å². The lowest BCUT2D eigenvalue weighted by Gasteiger charge is -2.36. The molecule has 0 radical (unpaired) electrons. The lowest BCUT2D eigenvalue weighted by molar-refractivity contribution is 0.313. The molecule has 0 heterocycles. The first-order valence-electron chi connectivity index (χ1n) is 7.39. The second kappa shape index (κ2) is 6.49. The number of amidine groups is 1. The van der Waals surface area contributed by atoms with Crippen LogP contribution in [0.2, 0.25) is 5.02 Å². The van der Waals surface area contributed by atoms with Crippen LogP contribution in [-0.2, 0) is 0 Å². The number of nitrogen functional groups attached to an aromatic ring is 1. The molecule has 0 bridgehead atoms. The molecule has 0 amide bonds. The number of hydrogen-bond acceptors (Lipinski definition) is 2. The molecule has 20 heavy (non-hydrogen) atoms. The third-order valence-electron chi connectivity index (χ3n) is 4.57. The van der Waals surface area contributed by atoms with E-state index in [0.29, 0.717) is 11.1 Å². The molecule has 3 N–H and O–H groups in total. The highest BCUT2D eigenvalue weighted by Gasteiger charge is 2.24. The van der Waals surface area contributed by atoms with Crippen molar-refractivity contribution in [2.45, 2.75) is 45.1 Å². The standard InChI is InChI=1S/C16H24ClN3/c1-3-11-4-7-13(8-5-11)20(2)15-9-6-12(17)10-14(15)16(18)19/h6,9-11,13H,3-5,7-8H2,1-2H3,(H3,18,19). The number of nitrogens with two attached hydrogens (primary N) is 1. The Hall–Kier alpha value is -1.22. The molecular weight excluding hydrogens is 270 g/mol. The maximum absolute atomic E-state index is 7.73. The Kier molecular flexibility index (Phi) is 4.92. The van der Waals surface area contributed by atoms with Crippen LogP contribution in [0.25, 0.3) is 0 Å². The fourth-order valence-corrected chi connectivity index (χ4v) is 3.34. The van der Waals surface area contributed by atoms with Crippen LogP contribution in [0.5, 0.6) is 0 Å². The van der Waals surface area contributed by atoms with E-state index in [1.165, 1.54) is 32.1 Å². The molecule has 4 heteroatoms. The molecule has 3 nitrogen and oxygen atoms in total. The average molecular weight is 294 g/mol. The molecule has 0 unspecified atom stereocenters. The van der Waals surface area contributed by atoms with Gasteiger partial charge in [0.1, 0.15) is 5.84 Å². The van der Waals surface area contributed by atoms with Gasteiger partial charge in [-0.2, -0.15) is 0 Å². The van der Waals surface area contributed by atoms with E-state index < -0.39 is 0 Å². The summed E-state index contributed by atoms with van der Waals surface area (Å²) in [5.74, 6) is 0.966. The Balaban J connectivity index is 2.17. The van der Waals surface area contributed by atoms with Crippen LogP contribution < -0.4 is 10.6 Å². The summed E-state index contributed by atoms with van der Waals surface area (Å²) in [6.45, 7) is 2.28. The molecule has 1 aliphatic rings.